The zero-order valence-electron chi connectivity index (χ0n) is 8.98. The van der Waals surface area contributed by atoms with Crippen LogP contribution in [-0.4, -0.2) is 19.9 Å². The van der Waals surface area contributed by atoms with Crippen molar-refractivity contribution in [3.8, 4) is 0 Å². The van der Waals surface area contributed by atoms with Gasteiger partial charge < -0.3 is 0 Å². The van der Waals surface area contributed by atoms with Gasteiger partial charge in [-0.2, -0.15) is 0 Å². The fraction of sp³-hybridized carbons (Fsp3) is 0. The van der Waals surface area contributed by atoms with E-state index in [0.29, 0.717) is 0 Å². The SMILES string of the molecule is Clc1[nH]c2ccccc2c1[Se]c1ccccc1. The first-order valence-corrected chi connectivity index (χ1v) is 7.43. The van der Waals surface area contributed by atoms with Gasteiger partial charge in [-0.15, -0.1) is 0 Å². The van der Waals surface area contributed by atoms with E-state index in [-0.39, 0.29) is 15.0 Å². The summed E-state index contributed by atoms with van der Waals surface area (Å²) >= 11 is 6.53. The van der Waals surface area contributed by atoms with Gasteiger partial charge in [0.1, 0.15) is 0 Å². The zero-order valence-corrected chi connectivity index (χ0v) is 11.5. The van der Waals surface area contributed by atoms with Crippen LogP contribution in [0.2, 0.25) is 5.15 Å². The van der Waals surface area contributed by atoms with Crippen molar-refractivity contribution < 1.29 is 0 Å². The van der Waals surface area contributed by atoms with Crippen molar-refractivity contribution in [3.05, 3.63) is 59.8 Å². The van der Waals surface area contributed by atoms with Crippen molar-refractivity contribution in [2.75, 3.05) is 0 Å². The quantitative estimate of drug-likeness (QED) is 0.700. The standard InChI is InChI=1S/C14H10ClNSe/c15-14-13(17-10-6-2-1-3-7-10)11-8-4-5-9-12(11)16-14/h1-9,16H. The molecule has 0 saturated carbocycles. The number of halogens is 1. The Morgan fingerprint density at radius 1 is 0.882 bits per heavy atom. The fourth-order valence-corrected chi connectivity index (χ4v) is 4.20. The summed E-state index contributed by atoms with van der Waals surface area (Å²) in [5.74, 6) is 0. The summed E-state index contributed by atoms with van der Waals surface area (Å²) in [6, 6.07) is 18.7. The molecule has 1 aromatic heterocycles. The first-order valence-electron chi connectivity index (χ1n) is 5.34. The molecule has 17 heavy (non-hydrogen) atoms. The van der Waals surface area contributed by atoms with Crippen LogP contribution in [0, 0.1) is 0 Å². The van der Waals surface area contributed by atoms with Crippen LogP contribution in [0.25, 0.3) is 10.9 Å². The van der Waals surface area contributed by atoms with Gasteiger partial charge >= 0.3 is 111 Å². The molecule has 3 heteroatoms. The minimum atomic E-state index is 0.248. The van der Waals surface area contributed by atoms with E-state index in [9.17, 15) is 0 Å². The van der Waals surface area contributed by atoms with E-state index in [1.807, 2.05) is 12.1 Å². The van der Waals surface area contributed by atoms with Gasteiger partial charge in [-0.1, -0.05) is 0 Å². The van der Waals surface area contributed by atoms with Crippen molar-refractivity contribution in [2.24, 2.45) is 0 Å². The predicted octanol–water partition coefficient (Wildman–Crippen LogP) is 2.48. The topological polar surface area (TPSA) is 15.8 Å². The Kier molecular flexibility index (Phi) is 2.94. The van der Waals surface area contributed by atoms with Crippen LogP contribution in [0.1, 0.15) is 0 Å². The van der Waals surface area contributed by atoms with Crippen molar-refractivity contribution in [3.63, 3.8) is 0 Å². The Labute approximate surface area is 111 Å². The molecule has 0 aliphatic rings. The Hall–Kier alpha value is -1.21. The normalized spacial score (nSPS) is 10.9. The molecular formula is C14H10ClNSe. The van der Waals surface area contributed by atoms with Crippen LogP contribution in [0.5, 0.6) is 0 Å². The van der Waals surface area contributed by atoms with Crippen LogP contribution in [0.15, 0.2) is 54.6 Å². The van der Waals surface area contributed by atoms with Crippen LogP contribution >= 0.6 is 11.6 Å². The molecule has 3 aromatic rings. The molecule has 84 valence electrons. The van der Waals surface area contributed by atoms with Gasteiger partial charge in [0.2, 0.25) is 0 Å². The van der Waals surface area contributed by atoms with Crippen LogP contribution < -0.4 is 8.92 Å². The molecule has 0 aliphatic carbocycles. The number of benzene rings is 2. The van der Waals surface area contributed by atoms with Crippen molar-refractivity contribution in [1.82, 2.24) is 4.98 Å². The molecule has 3 rings (SSSR count). The molecule has 1 N–H and O–H groups in total. The summed E-state index contributed by atoms with van der Waals surface area (Å²) in [6.07, 6.45) is 0. The van der Waals surface area contributed by atoms with Gasteiger partial charge in [-0.3, -0.25) is 0 Å². The number of rotatable bonds is 2. The molecule has 0 radical (unpaired) electrons. The summed E-state index contributed by atoms with van der Waals surface area (Å²) < 4.78 is 2.58. The van der Waals surface area contributed by atoms with Gasteiger partial charge in [0.05, 0.1) is 0 Å². The van der Waals surface area contributed by atoms with Crippen LogP contribution in [0.3, 0.4) is 0 Å². The van der Waals surface area contributed by atoms with Gasteiger partial charge in [-0.05, 0) is 0 Å². The van der Waals surface area contributed by atoms with Crippen LogP contribution in [0.4, 0.5) is 0 Å². The second kappa shape index (κ2) is 4.58. The molecule has 1 nitrogen and oxygen atoms in total. The van der Waals surface area contributed by atoms with E-state index in [1.165, 1.54) is 14.3 Å². The molecule has 0 unspecified atom stereocenters. The number of para-hydroxylation sites is 1. The number of aromatic amines is 1. The number of nitrogens with one attached hydrogen (secondary N) is 1. The van der Waals surface area contributed by atoms with E-state index < -0.39 is 0 Å². The molecule has 0 atom stereocenters. The zero-order chi connectivity index (χ0) is 11.7. The Balaban J connectivity index is 2.08. The fourth-order valence-electron chi connectivity index (χ4n) is 1.79. The van der Waals surface area contributed by atoms with Gasteiger partial charge in [0, 0.05) is 0 Å². The number of hydrogen-bond acceptors (Lipinski definition) is 0. The summed E-state index contributed by atoms with van der Waals surface area (Å²) in [4.78, 5) is 3.23. The molecule has 1 heterocycles. The van der Waals surface area contributed by atoms with E-state index in [1.54, 1.807) is 0 Å². The molecular weight excluding hydrogens is 297 g/mol. The average Bonchev–Trinajstić information content (AvgIpc) is 2.68. The van der Waals surface area contributed by atoms with Crippen molar-refractivity contribution >= 4 is 46.4 Å². The third-order valence-electron chi connectivity index (χ3n) is 2.58. The van der Waals surface area contributed by atoms with Gasteiger partial charge in [0.25, 0.3) is 0 Å². The third kappa shape index (κ3) is 2.12. The van der Waals surface area contributed by atoms with Crippen LogP contribution in [-0.2, 0) is 0 Å². The van der Waals surface area contributed by atoms with E-state index >= 15 is 0 Å². The second-order valence-electron chi connectivity index (χ2n) is 3.73. The second-order valence-corrected chi connectivity index (χ2v) is 6.38. The molecule has 2 aromatic carbocycles. The number of H-pyrrole nitrogens is 1. The molecule has 0 amide bonds. The van der Waals surface area contributed by atoms with E-state index in [2.05, 4.69) is 47.4 Å². The van der Waals surface area contributed by atoms with Gasteiger partial charge in [-0.25, -0.2) is 0 Å². The Morgan fingerprint density at radius 2 is 1.59 bits per heavy atom. The Morgan fingerprint density at radius 3 is 2.41 bits per heavy atom. The summed E-state index contributed by atoms with van der Waals surface area (Å²) in [7, 11) is 0. The monoisotopic (exact) mass is 307 g/mol. The maximum absolute atomic E-state index is 6.28. The number of hydrogen-bond donors (Lipinski definition) is 1. The minimum absolute atomic E-state index is 0.248. The third-order valence-corrected chi connectivity index (χ3v) is 5.50. The molecule has 0 bridgehead atoms. The molecule has 0 saturated heterocycles. The van der Waals surface area contributed by atoms with E-state index in [0.717, 1.165) is 10.7 Å². The maximum atomic E-state index is 6.28. The molecule has 0 spiro atoms. The van der Waals surface area contributed by atoms with E-state index in [4.69, 9.17) is 11.6 Å². The van der Waals surface area contributed by atoms with Gasteiger partial charge in [0.15, 0.2) is 0 Å². The number of fused-ring (bicyclic) bond motifs is 1. The number of aromatic nitrogens is 1. The van der Waals surface area contributed by atoms with Crippen molar-refractivity contribution in [2.45, 2.75) is 0 Å². The first kappa shape index (κ1) is 10.9. The predicted molar refractivity (Wildman–Crippen MR) is 74.8 cm³/mol. The average molecular weight is 307 g/mol. The first-order chi connectivity index (χ1) is 8.34. The molecule has 0 aliphatic heterocycles. The summed E-state index contributed by atoms with van der Waals surface area (Å²) in [5, 5.41) is 2.01. The summed E-state index contributed by atoms with van der Waals surface area (Å²) in [6.45, 7) is 0. The summed E-state index contributed by atoms with van der Waals surface area (Å²) in [5.41, 5.74) is 1.12. The van der Waals surface area contributed by atoms with Crippen molar-refractivity contribution in [1.29, 1.82) is 0 Å². The molecule has 0 fully saturated rings. The Bertz CT molecular complexity index is 646.